The van der Waals surface area contributed by atoms with Crippen molar-refractivity contribution in [2.45, 2.75) is 27.2 Å². The first-order valence-electron chi connectivity index (χ1n) is 33.7. The zero-order valence-electron chi connectivity index (χ0n) is 63.7. The van der Waals surface area contributed by atoms with Gasteiger partial charge < -0.3 is 60.4 Å². The molecule has 7 heterocycles. The topological polar surface area (TPSA) is 349 Å². The van der Waals surface area contributed by atoms with Gasteiger partial charge in [0, 0.05) is 66.7 Å². The smallest absolute Gasteiger partial charge is 1.00 e. The van der Waals surface area contributed by atoms with Crippen molar-refractivity contribution in [3.63, 3.8) is 0 Å². The summed E-state index contributed by atoms with van der Waals surface area (Å²) in [7, 11) is 5.31. The Labute approximate surface area is 713 Å². The van der Waals surface area contributed by atoms with Gasteiger partial charge in [-0.05, 0) is 152 Å². The largest absolute Gasteiger partial charge is 2.00 e. The number of anilines is 5. The molecule has 12 aromatic rings. The Morgan fingerprint density at radius 2 is 0.775 bits per heavy atom. The number of halogens is 12. The number of aryl methyl sites for hydroxylation is 1. The SMILES string of the molecule is CCC(=O)c1ccc(NC(=O)c2c(F)cccc2F)nc1.COC(=O)c1ccc(N)nc1.COC(=O)c1ccc(NC(=O)c2c(F)cccc2F)nc1.CON(C)C(=O)c1ccc(NC(=O)c2c(F)cccc2F)nc1.Cc1sc(-c2ccccn2)nc1-c1ccc(NC(=O)c2c(F)cccc2F)nc1.O=C(Cl)c1c(F)cccc1F.[Br-].[CH2-]C.[Mg+2]. The maximum atomic E-state index is 13.7. The van der Waals surface area contributed by atoms with Gasteiger partial charge in [0.25, 0.3) is 34.8 Å². The molecule has 0 saturated heterocycles. The Bertz CT molecular complexity index is 5320. The van der Waals surface area contributed by atoms with Gasteiger partial charge in [-0.3, -0.25) is 43.4 Å². The zero-order chi connectivity index (χ0) is 86.9. The number of rotatable bonds is 17. The summed E-state index contributed by atoms with van der Waals surface area (Å²) in [6.45, 7) is 8.68. The van der Waals surface area contributed by atoms with Crippen molar-refractivity contribution in [1.82, 2.24) is 40.0 Å². The number of hydrogen-bond donors (Lipinski definition) is 5. The molecule has 6 N–H and O–H groups in total. The van der Waals surface area contributed by atoms with Crippen molar-refractivity contribution >= 4 is 128 Å². The number of ketones is 1. The number of benzene rings is 5. The third-order valence-corrected chi connectivity index (χ3v) is 16.2. The molecule has 0 aliphatic rings. The average Bonchev–Trinajstić information content (AvgIpc) is 0.851. The molecular formula is C81H65BrClF10MgN13O12S. The number of esters is 2. The molecule has 39 heteroatoms. The Balaban J connectivity index is 0.000000308. The number of methoxy groups -OCH3 is 2. The number of hydroxylamine groups is 2. The normalized spacial score (nSPS) is 9.89. The van der Waals surface area contributed by atoms with Crippen LogP contribution in [0.1, 0.15) is 118 Å². The first-order chi connectivity index (χ1) is 56.4. The molecule has 0 fully saturated rings. The van der Waals surface area contributed by atoms with Crippen molar-refractivity contribution in [2.75, 3.05) is 55.4 Å². The van der Waals surface area contributed by atoms with Gasteiger partial charge in [0.05, 0.1) is 49.4 Å². The van der Waals surface area contributed by atoms with E-state index in [2.05, 4.69) is 72.6 Å². The first-order valence-corrected chi connectivity index (χ1v) is 34.9. The van der Waals surface area contributed by atoms with E-state index >= 15 is 0 Å². The number of carbonyl (C=O) groups is 9. The Kier molecular flexibility index (Phi) is 40.7. The minimum Gasteiger partial charge on any atom is -1.00 e. The number of Topliss-reactive ketones (excluding diaryl/α,β-unsaturated/α-hetero) is 1. The van der Waals surface area contributed by atoms with Crippen LogP contribution in [0.5, 0.6) is 0 Å². The molecule has 618 valence electrons. The number of nitrogen functional groups attached to an aromatic ring is 1. The Hall–Kier alpha value is -13.1. The predicted molar refractivity (Wildman–Crippen MR) is 422 cm³/mol. The number of aromatic nitrogens is 7. The number of nitrogens with zero attached hydrogens (tertiary/aromatic N) is 8. The molecule has 0 aliphatic heterocycles. The number of carbonyl (C=O) groups excluding carboxylic acids is 9. The Morgan fingerprint density at radius 3 is 1.06 bits per heavy atom. The molecule has 0 aliphatic carbocycles. The van der Waals surface area contributed by atoms with Crippen LogP contribution in [-0.2, 0) is 14.3 Å². The van der Waals surface area contributed by atoms with E-state index in [0.29, 0.717) is 23.4 Å². The van der Waals surface area contributed by atoms with E-state index in [9.17, 15) is 87.1 Å². The molecule has 0 saturated carbocycles. The van der Waals surface area contributed by atoms with Crippen molar-refractivity contribution in [2.24, 2.45) is 0 Å². The van der Waals surface area contributed by atoms with Crippen LogP contribution in [0.3, 0.4) is 0 Å². The summed E-state index contributed by atoms with van der Waals surface area (Å²) in [5.74, 6) is -14.1. The predicted octanol–water partition coefficient (Wildman–Crippen LogP) is 13.2. The first kappa shape index (κ1) is 99.2. The summed E-state index contributed by atoms with van der Waals surface area (Å²) in [4.78, 5) is 137. The second-order valence-corrected chi connectivity index (χ2v) is 24.2. The fourth-order valence-corrected chi connectivity index (χ4v) is 10.3. The number of thiazole rings is 1. The van der Waals surface area contributed by atoms with E-state index in [-0.39, 0.29) is 80.2 Å². The molecule has 5 aromatic carbocycles. The molecule has 25 nitrogen and oxygen atoms in total. The molecule has 0 radical (unpaired) electrons. The molecule has 12 rings (SSSR count). The number of nitrogens with two attached hydrogens (primary N) is 1. The van der Waals surface area contributed by atoms with Gasteiger partial charge >= 0.3 is 35.0 Å². The average molecular weight is 1770 g/mol. The maximum Gasteiger partial charge on any atom is 2.00 e. The number of ether oxygens (including phenoxy) is 2. The molecule has 0 bridgehead atoms. The van der Waals surface area contributed by atoms with Crippen molar-refractivity contribution in [3.8, 4) is 22.0 Å². The van der Waals surface area contributed by atoms with E-state index in [1.165, 1.54) is 113 Å². The van der Waals surface area contributed by atoms with Crippen LogP contribution in [-0.4, -0.2) is 144 Å². The van der Waals surface area contributed by atoms with E-state index in [1.807, 2.05) is 25.1 Å². The molecular weight excluding hydrogens is 1710 g/mol. The summed E-state index contributed by atoms with van der Waals surface area (Å²) in [6.07, 6.45) is 8.68. The van der Waals surface area contributed by atoms with Crippen LogP contribution in [0, 0.1) is 72.0 Å². The third kappa shape index (κ3) is 28.6. The molecule has 5 amide bonds. The second kappa shape index (κ2) is 49.2. The number of nitrogens with one attached hydrogen (secondary N) is 4. The quantitative estimate of drug-likeness (QED) is 0.0107. The zero-order valence-corrected chi connectivity index (χ0v) is 68.3. The van der Waals surface area contributed by atoms with Crippen LogP contribution in [0.2, 0.25) is 0 Å². The summed E-state index contributed by atoms with van der Waals surface area (Å²) in [5, 5.41) is 9.87. The molecule has 0 unspecified atom stereocenters. The van der Waals surface area contributed by atoms with Crippen molar-refractivity contribution in [1.29, 1.82) is 0 Å². The minimum atomic E-state index is -1.12. The monoisotopic (exact) mass is 1770 g/mol. The standard InChI is InChI=1S/C21H14F2N4OS.C15H13F2N3O3.C15H12F2N2O2.C14H10F2N2O3.C7H3ClF2O.C7H8N2O2.C2H5.BrH.Mg/c1-12-19(27-21(29-12)16-7-2-3-10-24-16)13-8-9-17(25-11-13)26-20(28)18-14(22)5-4-6-15(18)23;1-20(23-2)15(22)9-6-7-12(18-8-9)19-14(21)13-10(16)4-3-5-11(13)17;1-2-12(20)9-6-7-13(18-8-9)19-15(21)14-10(16)4-3-5-11(14)17;1-21-14(20)8-5-6-11(17-7-8)18-13(19)12-9(15)3-2-4-10(12)16;8-7(11)6-4(9)2-1-3-5(6)10;1-11-7(10)5-2-3-6(8)9-4-5;1-2;;/h2-11H,1H3,(H,25,26,28);3-8H,1-2H3,(H,18,19,21);3-8H,2H2,1H3,(H,18,19,21);2-7H,1H3,(H,17,18,19);1-3H;2-4H,1H3,(H2,8,9);1H2,2H3;1H;/q;;;;;;-1;;+2/p-1. The van der Waals surface area contributed by atoms with Crippen LogP contribution in [0.25, 0.3) is 22.0 Å². The van der Waals surface area contributed by atoms with Gasteiger partial charge in [0.2, 0.25) is 0 Å². The van der Waals surface area contributed by atoms with E-state index in [1.54, 1.807) is 50.5 Å². The van der Waals surface area contributed by atoms with E-state index < -0.39 is 133 Å². The Morgan fingerprint density at radius 1 is 0.442 bits per heavy atom. The number of amides is 5. The van der Waals surface area contributed by atoms with Gasteiger partial charge in [-0.15, -0.1) is 11.3 Å². The van der Waals surface area contributed by atoms with Gasteiger partial charge in [0.1, 0.15) is 120 Å². The van der Waals surface area contributed by atoms with E-state index in [0.717, 1.165) is 111 Å². The fraction of sp³-hybridized carbons (Fsp3) is 0.0988. The molecule has 0 spiro atoms. The van der Waals surface area contributed by atoms with Gasteiger partial charge in [-0.2, -0.15) is 6.92 Å². The molecule has 0 atom stereocenters. The van der Waals surface area contributed by atoms with Crippen LogP contribution in [0.15, 0.2) is 207 Å². The van der Waals surface area contributed by atoms with Gasteiger partial charge in [-0.25, -0.2) is 88.5 Å². The van der Waals surface area contributed by atoms with Crippen LogP contribution in [0.4, 0.5) is 73.0 Å². The van der Waals surface area contributed by atoms with Crippen molar-refractivity contribution in [3.05, 3.63) is 327 Å². The molecule has 120 heavy (non-hydrogen) atoms. The summed E-state index contributed by atoms with van der Waals surface area (Å²) in [5.41, 5.74) is 5.43. The maximum absolute atomic E-state index is 13.7. The third-order valence-electron chi connectivity index (χ3n) is 15.0. The minimum absolute atomic E-state index is 0. The van der Waals surface area contributed by atoms with E-state index in [4.69, 9.17) is 22.2 Å². The van der Waals surface area contributed by atoms with Gasteiger partial charge in [0.15, 0.2) is 5.78 Å². The second-order valence-electron chi connectivity index (χ2n) is 22.7. The summed E-state index contributed by atoms with van der Waals surface area (Å²) in [6, 6.07) is 36.1. The van der Waals surface area contributed by atoms with Crippen LogP contribution < -0.4 is 44.0 Å². The molecule has 7 aromatic heterocycles. The number of pyridine rings is 6. The summed E-state index contributed by atoms with van der Waals surface area (Å²) < 4.78 is 142. The fourth-order valence-electron chi connectivity index (χ4n) is 9.18. The van der Waals surface area contributed by atoms with Crippen molar-refractivity contribution < 1.29 is 118 Å². The van der Waals surface area contributed by atoms with Crippen LogP contribution >= 0.6 is 22.9 Å². The van der Waals surface area contributed by atoms with Gasteiger partial charge in [-0.1, -0.05) is 43.3 Å². The summed E-state index contributed by atoms with van der Waals surface area (Å²) >= 11 is 6.42. The number of hydrogen-bond acceptors (Lipinski definition) is 21.